The Balaban J connectivity index is 1.25. The van der Waals surface area contributed by atoms with Crippen LogP contribution in [0.15, 0.2) is 64.3 Å². The molecule has 0 unspecified atom stereocenters. The maximum atomic E-state index is 14.8. The number of amides is 4. The van der Waals surface area contributed by atoms with Gasteiger partial charge in [0.05, 0.1) is 17.7 Å². The van der Waals surface area contributed by atoms with Crippen LogP contribution in [0, 0.1) is 11.8 Å². The summed E-state index contributed by atoms with van der Waals surface area (Å²) in [7, 11) is 0. The smallest absolute Gasteiger partial charge is 0.289 e. The molecule has 6 rings (SSSR count). The van der Waals surface area contributed by atoms with Gasteiger partial charge >= 0.3 is 0 Å². The standard InChI is InChI=1S/C39H48ClN5O5/c1-5-39-31(37(48)43-17-19-44(20-18-43)38(49)33-10-7-21-50-33)22-27(23-34(46)41-15-13-26(4)9-6-8-25(2)3)36(47)45(39)16-14-29-30-24-28(40)11-12-32(30)42-35(29)39/h7-8,10-13,21,24,27,31,42H,5-6,9,14-20,22-23H2,1-4H3,(H,41,46)/b26-13+/t27-,31-,39+/m1/s1. The van der Waals surface area contributed by atoms with E-state index in [9.17, 15) is 19.2 Å². The lowest BCUT2D eigenvalue weighted by Gasteiger charge is -2.56. The Morgan fingerprint density at radius 1 is 1.06 bits per heavy atom. The first-order valence-electron chi connectivity index (χ1n) is 17.8. The largest absolute Gasteiger partial charge is 0.459 e. The number of furan rings is 1. The second-order valence-corrected chi connectivity index (χ2v) is 14.6. The van der Waals surface area contributed by atoms with Crippen molar-refractivity contribution in [1.29, 1.82) is 0 Å². The predicted octanol–water partition coefficient (Wildman–Crippen LogP) is 6.22. The van der Waals surface area contributed by atoms with Crippen LogP contribution in [0.5, 0.6) is 0 Å². The molecule has 0 spiro atoms. The summed E-state index contributed by atoms with van der Waals surface area (Å²) >= 11 is 6.43. The first-order valence-corrected chi connectivity index (χ1v) is 18.2. The molecule has 266 valence electrons. The predicted molar refractivity (Wildman–Crippen MR) is 194 cm³/mol. The highest BCUT2D eigenvalue weighted by molar-refractivity contribution is 6.31. The van der Waals surface area contributed by atoms with E-state index in [4.69, 9.17) is 16.0 Å². The van der Waals surface area contributed by atoms with Crippen LogP contribution in [0.3, 0.4) is 0 Å². The molecular formula is C39H48ClN5O5. The third-order valence-electron chi connectivity index (χ3n) is 10.8. The number of nitrogens with one attached hydrogen (secondary N) is 2. The number of aromatic amines is 1. The molecule has 50 heavy (non-hydrogen) atoms. The van der Waals surface area contributed by atoms with Crippen LogP contribution in [-0.2, 0) is 26.3 Å². The van der Waals surface area contributed by atoms with Crippen LogP contribution >= 0.6 is 11.6 Å². The van der Waals surface area contributed by atoms with Gasteiger partial charge in [0, 0.05) is 73.2 Å². The fraction of sp³-hybridized carbons (Fsp3) is 0.487. The van der Waals surface area contributed by atoms with E-state index in [-0.39, 0.29) is 42.2 Å². The summed E-state index contributed by atoms with van der Waals surface area (Å²) in [6.07, 6.45) is 9.01. The Hall–Kier alpha value is -4.31. The van der Waals surface area contributed by atoms with Crippen molar-refractivity contribution in [1.82, 2.24) is 25.0 Å². The van der Waals surface area contributed by atoms with E-state index >= 15 is 0 Å². The summed E-state index contributed by atoms with van der Waals surface area (Å²) in [5.41, 5.74) is 4.47. The molecule has 0 bridgehead atoms. The zero-order valence-corrected chi connectivity index (χ0v) is 30.3. The van der Waals surface area contributed by atoms with Crippen molar-refractivity contribution in [3.63, 3.8) is 0 Å². The van der Waals surface area contributed by atoms with Crippen LogP contribution in [0.1, 0.15) is 81.6 Å². The molecule has 3 aromatic rings. The van der Waals surface area contributed by atoms with E-state index < -0.39 is 17.4 Å². The highest BCUT2D eigenvalue weighted by Gasteiger charge is 2.59. The lowest BCUT2D eigenvalue weighted by atomic mass is 9.65. The number of aromatic nitrogens is 1. The van der Waals surface area contributed by atoms with Gasteiger partial charge in [-0.15, -0.1) is 0 Å². The van der Waals surface area contributed by atoms with E-state index in [1.807, 2.05) is 41.0 Å². The van der Waals surface area contributed by atoms with Gasteiger partial charge in [-0.1, -0.05) is 41.8 Å². The van der Waals surface area contributed by atoms with Crippen LogP contribution in [-0.4, -0.2) is 82.6 Å². The second kappa shape index (κ2) is 14.9. The number of fused-ring (bicyclic) bond motifs is 5. The van der Waals surface area contributed by atoms with Gasteiger partial charge in [0.25, 0.3) is 5.91 Å². The van der Waals surface area contributed by atoms with Crippen LogP contribution in [0.25, 0.3) is 10.9 Å². The van der Waals surface area contributed by atoms with Crippen molar-refractivity contribution in [2.75, 3.05) is 39.3 Å². The van der Waals surface area contributed by atoms with Gasteiger partial charge in [-0.3, -0.25) is 19.2 Å². The number of carbonyl (C=O) groups is 4. The molecular weight excluding hydrogens is 654 g/mol. The zero-order chi connectivity index (χ0) is 35.6. The van der Waals surface area contributed by atoms with Crippen molar-refractivity contribution in [2.45, 2.75) is 71.8 Å². The van der Waals surface area contributed by atoms with E-state index in [2.05, 4.69) is 37.1 Å². The molecule has 3 aliphatic rings. The van der Waals surface area contributed by atoms with E-state index in [1.165, 1.54) is 17.4 Å². The normalized spacial score (nSPS) is 22.3. The van der Waals surface area contributed by atoms with E-state index in [0.717, 1.165) is 35.0 Å². The number of rotatable bonds is 10. The summed E-state index contributed by atoms with van der Waals surface area (Å²) in [6.45, 7) is 10.6. The number of hydrogen-bond acceptors (Lipinski definition) is 5. The Kier molecular flexibility index (Phi) is 10.6. The van der Waals surface area contributed by atoms with Gasteiger partial charge in [-0.2, -0.15) is 0 Å². The molecule has 2 fully saturated rings. The summed E-state index contributed by atoms with van der Waals surface area (Å²) in [5.74, 6) is -1.48. The zero-order valence-electron chi connectivity index (χ0n) is 29.5. The molecule has 0 radical (unpaired) electrons. The third kappa shape index (κ3) is 6.87. The Bertz CT molecular complexity index is 1810. The van der Waals surface area contributed by atoms with Gasteiger partial charge in [-0.25, -0.2) is 0 Å². The monoisotopic (exact) mass is 701 g/mol. The molecule has 3 atom stereocenters. The summed E-state index contributed by atoms with van der Waals surface area (Å²) in [5, 5.41) is 4.63. The number of hydrogen-bond donors (Lipinski definition) is 2. The van der Waals surface area contributed by atoms with E-state index in [0.29, 0.717) is 57.1 Å². The molecule has 0 saturated carbocycles. The summed E-state index contributed by atoms with van der Waals surface area (Å²) in [4.78, 5) is 64.5. The molecule has 2 saturated heterocycles. The minimum atomic E-state index is -0.910. The number of piperidine rings is 1. The average molecular weight is 702 g/mol. The van der Waals surface area contributed by atoms with Gasteiger partial charge in [0.15, 0.2) is 5.76 Å². The Morgan fingerprint density at radius 2 is 1.82 bits per heavy atom. The lowest BCUT2D eigenvalue weighted by molar-refractivity contribution is -0.167. The number of piperazine rings is 1. The first kappa shape index (κ1) is 35.5. The Labute approximate surface area is 298 Å². The average Bonchev–Trinajstić information content (AvgIpc) is 3.77. The quantitative estimate of drug-likeness (QED) is 0.243. The van der Waals surface area contributed by atoms with Crippen LogP contribution in [0.2, 0.25) is 5.02 Å². The van der Waals surface area contributed by atoms with Crippen molar-refractivity contribution in [3.05, 3.63) is 81.9 Å². The van der Waals surface area contributed by atoms with Crippen molar-refractivity contribution in [2.24, 2.45) is 11.8 Å². The molecule has 10 nitrogen and oxygen atoms in total. The maximum Gasteiger partial charge on any atom is 0.289 e. The number of benzene rings is 1. The van der Waals surface area contributed by atoms with Crippen molar-refractivity contribution >= 4 is 46.1 Å². The van der Waals surface area contributed by atoms with E-state index in [1.54, 1.807) is 17.0 Å². The van der Waals surface area contributed by atoms with Gasteiger partial charge in [0.1, 0.15) is 0 Å². The minimum Gasteiger partial charge on any atom is -0.459 e. The first-order chi connectivity index (χ1) is 24.0. The lowest BCUT2D eigenvalue weighted by Crippen LogP contribution is -2.66. The van der Waals surface area contributed by atoms with Gasteiger partial charge in [0.2, 0.25) is 17.7 Å². The summed E-state index contributed by atoms with van der Waals surface area (Å²) in [6, 6.07) is 9.07. The van der Waals surface area contributed by atoms with Crippen molar-refractivity contribution < 1.29 is 23.6 Å². The highest BCUT2D eigenvalue weighted by Crippen LogP contribution is 2.52. The number of carbonyl (C=O) groups excluding carboxylic acids is 4. The van der Waals surface area contributed by atoms with Crippen molar-refractivity contribution in [3.8, 4) is 0 Å². The van der Waals surface area contributed by atoms with Crippen LogP contribution in [0.4, 0.5) is 0 Å². The fourth-order valence-electron chi connectivity index (χ4n) is 8.20. The summed E-state index contributed by atoms with van der Waals surface area (Å²) < 4.78 is 5.32. The molecule has 11 heteroatoms. The maximum absolute atomic E-state index is 14.8. The van der Waals surface area contributed by atoms with Gasteiger partial charge in [-0.05, 0) is 88.8 Å². The molecule has 4 amide bonds. The van der Waals surface area contributed by atoms with Crippen LogP contribution < -0.4 is 5.32 Å². The molecule has 2 aromatic heterocycles. The third-order valence-corrected chi connectivity index (χ3v) is 11.0. The van der Waals surface area contributed by atoms with Gasteiger partial charge < -0.3 is 29.4 Å². The molecule has 2 N–H and O–H groups in total. The second-order valence-electron chi connectivity index (χ2n) is 14.1. The molecule has 1 aromatic carbocycles. The number of H-pyrrole nitrogens is 1. The molecule has 3 aliphatic heterocycles. The number of nitrogens with zero attached hydrogens (tertiary/aromatic N) is 3. The SMILES string of the molecule is CC[C@]12c3[nH]c4ccc(Cl)cc4c3CCN1C(=O)[C@@H](CC(=O)NC/C=C(\C)CCC=C(C)C)C[C@@H]2C(=O)N1CCN(C(=O)c2ccco2)CC1. The Morgan fingerprint density at radius 3 is 2.52 bits per heavy atom. The fourth-order valence-corrected chi connectivity index (χ4v) is 8.37. The molecule has 5 heterocycles. The number of allylic oxidation sites excluding steroid dienone is 3. The topological polar surface area (TPSA) is 119 Å². The highest BCUT2D eigenvalue weighted by atomic mass is 35.5. The molecule has 0 aliphatic carbocycles. The minimum absolute atomic E-state index is 0.0180. The number of halogens is 1.